The molecule has 5 nitrogen and oxygen atoms in total. The third-order valence-electron chi connectivity index (χ3n) is 3.07. The standard InChI is InChI=1S/C13H18N2O3/c1-9-2-3-11(12(16)6-9)13(17)15-4-5-18-10(7-14)8-15/h2-3,6,10,16H,4-5,7-8,14H2,1H3. The number of rotatable bonds is 2. The van der Waals surface area contributed by atoms with Gasteiger partial charge < -0.3 is 20.5 Å². The summed E-state index contributed by atoms with van der Waals surface area (Å²) in [5, 5.41) is 9.81. The Labute approximate surface area is 106 Å². The molecule has 1 aromatic rings. The number of hydrogen-bond donors (Lipinski definition) is 2. The molecule has 5 heteroatoms. The maximum atomic E-state index is 12.3. The lowest BCUT2D eigenvalue weighted by atomic mass is 10.1. The van der Waals surface area contributed by atoms with Gasteiger partial charge in [0.25, 0.3) is 5.91 Å². The Morgan fingerprint density at radius 1 is 1.61 bits per heavy atom. The maximum absolute atomic E-state index is 12.3. The number of aromatic hydroxyl groups is 1. The number of ether oxygens (including phenoxy) is 1. The molecular formula is C13H18N2O3. The summed E-state index contributed by atoms with van der Waals surface area (Å²) >= 11 is 0. The second kappa shape index (κ2) is 5.37. The van der Waals surface area contributed by atoms with E-state index in [-0.39, 0.29) is 17.8 Å². The number of nitrogens with two attached hydrogens (primary N) is 1. The fourth-order valence-corrected chi connectivity index (χ4v) is 2.04. The van der Waals surface area contributed by atoms with Crippen molar-refractivity contribution >= 4 is 5.91 Å². The third-order valence-corrected chi connectivity index (χ3v) is 3.07. The van der Waals surface area contributed by atoms with Crippen molar-refractivity contribution in [3.8, 4) is 5.75 Å². The molecular weight excluding hydrogens is 232 g/mol. The Morgan fingerprint density at radius 2 is 2.39 bits per heavy atom. The molecule has 1 fully saturated rings. The molecule has 1 saturated heterocycles. The highest BCUT2D eigenvalue weighted by molar-refractivity contribution is 5.97. The van der Waals surface area contributed by atoms with Gasteiger partial charge in [-0.3, -0.25) is 4.79 Å². The summed E-state index contributed by atoms with van der Waals surface area (Å²) in [6.45, 7) is 3.75. The van der Waals surface area contributed by atoms with Crippen LogP contribution in [0, 0.1) is 6.92 Å². The minimum Gasteiger partial charge on any atom is -0.507 e. The molecule has 1 aliphatic rings. The molecule has 0 saturated carbocycles. The van der Waals surface area contributed by atoms with Gasteiger partial charge in [0.1, 0.15) is 5.75 Å². The average molecular weight is 250 g/mol. The number of carbonyl (C=O) groups is 1. The van der Waals surface area contributed by atoms with Crippen LogP contribution in [0.5, 0.6) is 5.75 Å². The Kier molecular flexibility index (Phi) is 3.84. The van der Waals surface area contributed by atoms with Crippen LogP contribution in [0.3, 0.4) is 0 Å². The van der Waals surface area contributed by atoms with Crippen molar-refractivity contribution in [2.45, 2.75) is 13.0 Å². The van der Waals surface area contributed by atoms with Crippen LogP contribution in [-0.4, -0.2) is 48.3 Å². The number of hydrogen-bond acceptors (Lipinski definition) is 4. The minimum atomic E-state index is -0.172. The zero-order valence-electron chi connectivity index (χ0n) is 10.4. The number of morpholine rings is 1. The predicted octanol–water partition coefficient (Wildman–Crippen LogP) is 0.500. The molecule has 0 radical (unpaired) electrons. The Balaban J connectivity index is 2.15. The summed E-state index contributed by atoms with van der Waals surface area (Å²) in [5.41, 5.74) is 6.80. The van der Waals surface area contributed by atoms with Gasteiger partial charge in [-0.1, -0.05) is 6.07 Å². The highest BCUT2D eigenvalue weighted by Crippen LogP contribution is 2.21. The van der Waals surface area contributed by atoms with Crippen LogP contribution in [0.15, 0.2) is 18.2 Å². The third kappa shape index (κ3) is 2.63. The molecule has 0 aliphatic carbocycles. The van der Waals surface area contributed by atoms with E-state index in [1.807, 2.05) is 13.0 Å². The topological polar surface area (TPSA) is 75.8 Å². The first-order valence-corrected chi connectivity index (χ1v) is 6.02. The molecule has 1 unspecified atom stereocenters. The van der Waals surface area contributed by atoms with Gasteiger partial charge in [-0.15, -0.1) is 0 Å². The van der Waals surface area contributed by atoms with Gasteiger partial charge in [-0.25, -0.2) is 0 Å². The summed E-state index contributed by atoms with van der Waals surface area (Å²) in [6.07, 6.45) is -0.115. The molecule has 2 rings (SSSR count). The van der Waals surface area contributed by atoms with E-state index in [1.165, 1.54) is 0 Å². The molecule has 1 heterocycles. The van der Waals surface area contributed by atoms with Crippen molar-refractivity contribution in [3.05, 3.63) is 29.3 Å². The number of benzene rings is 1. The summed E-state index contributed by atoms with van der Waals surface area (Å²) in [4.78, 5) is 13.9. The second-order valence-corrected chi connectivity index (χ2v) is 4.50. The van der Waals surface area contributed by atoms with Crippen LogP contribution in [0.1, 0.15) is 15.9 Å². The molecule has 3 N–H and O–H groups in total. The van der Waals surface area contributed by atoms with E-state index < -0.39 is 0 Å². The van der Waals surface area contributed by atoms with Gasteiger partial charge in [-0.05, 0) is 24.6 Å². The monoisotopic (exact) mass is 250 g/mol. The van der Waals surface area contributed by atoms with Crippen molar-refractivity contribution < 1.29 is 14.6 Å². The average Bonchev–Trinajstić information content (AvgIpc) is 2.38. The van der Waals surface area contributed by atoms with Crippen LogP contribution < -0.4 is 5.73 Å². The highest BCUT2D eigenvalue weighted by atomic mass is 16.5. The summed E-state index contributed by atoms with van der Waals surface area (Å²) < 4.78 is 5.41. The molecule has 1 aromatic carbocycles. The zero-order valence-corrected chi connectivity index (χ0v) is 10.4. The molecule has 1 amide bonds. The number of aryl methyl sites for hydroxylation is 1. The van der Waals surface area contributed by atoms with E-state index in [1.54, 1.807) is 17.0 Å². The molecule has 0 bridgehead atoms. The van der Waals surface area contributed by atoms with Gasteiger partial charge in [-0.2, -0.15) is 0 Å². The molecule has 0 aromatic heterocycles. The van der Waals surface area contributed by atoms with Crippen LogP contribution in [-0.2, 0) is 4.74 Å². The quantitative estimate of drug-likeness (QED) is 0.801. The van der Waals surface area contributed by atoms with Crippen molar-refractivity contribution in [2.24, 2.45) is 5.73 Å². The second-order valence-electron chi connectivity index (χ2n) is 4.50. The van der Waals surface area contributed by atoms with Crippen LogP contribution in [0.4, 0.5) is 0 Å². The van der Waals surface area contributed by atoms with E-state index in [0.717, 1.165) is 5.56 Å². The molecule has 18 heavy (non-hydrogen) atoms. The lowest BCUT2D eigenvalue weighted by molar-refractivity contribution is -0.0168. The number of phenolic OH excluding ortho intramolecular Hbond substituents is 1. The van der Waals surface area contributed by atoms with Crippen molar-refractivity contribution in [2.75, 3.05) is 26.2 Å². The maximum Gasteiger partial charge on any atom is 0.257 e. The number of phenols is 1. The Morgan fingerprint density at radius 3 is 3.06 bits per heavy atom. The largest absolute Gasteiger partial charge is 0.507 e. The fourth-order valence-electron chi connectivity index (χ4n) is 2.04. The first-order valence-electron chi connectivity index (χ1n) is 6.02. The lowest BCUT2D eigenvalue weighted by Crippen LogP contribution is -2.48. The summed E-state index contributed by atoms with van der Waals surface area (Å²) in [5.74, 6) is -0.148. The van der Waals surface area contributed by atoms with Crippen LogP contribution in [0.2, 0.25) is 0 Å². The first kappa shape index (κ1) is 12.9. The van der Waals surface area contributed by atoms with Crippen LogP contribution >= 0.6 is 0 Å². The van der Waals surface area contributed by atoms with E-state index in [9.17, 15) is 9.90 Å². The van der Waals surface area contributed by atoms with Crippen molar-refractivity contribution in [1.82, 2.24) is 4.90 Å². The first-order chi connectivity index (χ1) is 8.61. The Bertz CT molecular complexity index is 448. The fraction of sp³-hybridized carbons (Fsp3) is 0.462. The SMILES string of the molecule is Cc1ccc(C(=O)N2CCOC(CN)C2)c(O)c1. The van der Waals surface area contributed by atoms with Crippen molar-refractivity contribution in [3.63, 3.8) is 0 Å². The van der Waals surface area contributed by atoms with Crippen LogP contribution in [0.25, 0.3) is 0 Å². The van der Waals surface area contributed by atoms with E-state index in [4.69, 9.17) is 10.5 Å². The summed E-state index contributed by atoms with van der Waals surface area (Å²) in [7, 11) is 0. The lowest BCUT2D eigenvalue weighted by Gasteiger charge is -2.32. The normalized spacial score (nSPS) is 19.9. The van der Waals surface area contributed by atoms with E-state index in [0.29, 0.717) is 31.8 Å². The van der Waals surface area contributed by atoms with Gasteiger partial charge in [0, 0.05) is 19.6 Å². The highest BCUT2D eigenvalue weighted by Gasteiger charge is 2.25. The zero-order chi connectivity index (χ0) is 13.1. The minimum absolute atomic E-state index is 0.0239. The van der Waals surface area contributed by atoms with Gasteiger partial charge in [0.2, 0.25) is 0 Å². The molecule has 0 spiro atoms. The number of carbonyl (C=O) groups excluding carboxylic acids is 1. The molecule has 98 valence electrons. The number of amides is 1. The summed E-state index contributed by atoms with van der Waals surface area (Å²) in [6, 6.07) is 5.06. The van der Waals surface area contributed by atoms with Gasteiger partial charge in [0.05, 0.1) is 18.3 Å². The van der Waals surface area contributed by atoms with E-state index >= 15 is 0 Å². The predicted molar refractivity (Wildman–Crippen MR) is 67.5 cm³/mol. The van der Waals surface area contributed by atoms with E-state index in [2.05, 4.69) is 0 Å². The molecule has 1 aliphatic heterocycles. The number of nitrogens with zero attached hydrogens (tertiary/aromatic N) is 1. The molecule has 1 atom stereocenters. The van der Waals surface area contributed by atoms with Gasteiger partial charge >= 0.3 is 0 Å². The van der Waals surface area contributed by atoms with Crippen molar-refractivity contribution in [1.29, 1.82) is 0 Å². The van der Waals surface area contributed by atoms with Gasteiger partial charge in [0.15, 0.2) is 0 Å². The smallest absolute Gasteiger partial charge is 0.257 e. The Hall–Kier alpha value is -1.59.